The van der Waals surface area contributed by atoms with E-state index in [9.17, 15) is 0 Å². The fourth-order valence-corrected chi connectivity index (χ4v) is 1.79. The van der Waals surface area contributed by atoms with E-state index in [1.54, 1.807) is 0 Å². The van der Waals surface area contributed by atoms with Gasteiger partial charge in [-0.3, -0.25) is 4.98 Å². The van der Waals surface area contributed by atoms with E-state index in [0.29, 0.717) is 11.3 Å². The van der Waals surface area contributed by atoms with Gasteiger partial charge in [0.05, 0.1) is 16.9 Å². The van der Waals surface area contributed by atoms with Crippen molar-refractivity contribution in [3.63, 3.8) is 0 Å². The number of nitrogens with two attached hydrogens (primary N) is 1. The number of hydrogen-bond donors (Lipinski definition) is 2. The lowest BCUT2D eigenvalue weighted by Crippen LogP contribution is -1.99. The predicted molar refractivity (Wildman–Crippen MR) is 72.6 cm³/mol. The molecule has 4 heteroatoms. The monoisotopic (exact) mass is 238 g/mol. The van der Waals surface area contributed by atoms with Crippen LogP contribution in [0.3, 0.4) is 0 Å². The molecule has 2 rings (SSSR count). The van der Waals surface area contributed by atoms with Crippen LogP contribution < -0.4 is 11.1 Å². The summed E-state index contributed by atoms with van der Waals surface area (Å²) >= 11 is 0. The first kappa shape index (κ1) is 11.9. The van der Waals surface area contributed by atoms with E-state index < -0.39 is 0 Å². The van der Waals surface area contributed by atoms with Gasteiger partial charge in [0.1, 0.15) is 6.07 Å². The number of nitriles is 1. The van der Waals surface area contributed by atoms with Gasteiger partial charge in [0.2, 0.25) is 0 Å². The molecule has 0 saturated heterocycles. The van der Waals surface area contributed by atoms with Gasteiger partial charge in [0.15, 0.2) is 0 Å². The number of aromatic nitrogens is 1. The summed E-state index contributed by atoms with van der Waals surface area (Å²) in [5.74, 6) is 0. The summed E-state index contributed by atoms with van der Waals surface area (Å²) in [6, 6.07) is 11.4. The molecular weight excluding hydrogens is 224 g/mol. The molecule has 1 aromatic heterocycles. The molecule has 0 bridgehead atoms. The van der Waals surface area contributed by atoms with E-state index in [2.05, 4.69) is 16.4 Å². The quantitative estimate of drug-likeness (QED) is 0.789. The molecule has 0 unspecified atom stereocenters. The number of nitrogen functional groups attached to an aromatic ring is 1. The maximum Gasteiger partial charge on any atom is 0.103 e. The van der Waals surface area contributed by atoms with Gasteiger partial charge in [0, 0.05) is 17.1 Å². The van der Waals surface area contributed by atoms with Gasteiger partial charge in [-0.15, -0.1) is 0 Å². The lowest BCUT2D eigenvalue weighted by molar-refractivity contribution is 1.11. The van der Waals surface area contributed by atoms with E-state index >= 15 is 0 Å². The first-order chi connectivity index (χ1) is 8.60. The molecule has 4 nitrogen and oxygen atoms in total. The highest BCUT2D eigenvalue weighted by Crippen LogP contribution is 2.23. The number of anilines is 3. The number of nitrogens with one attached hydrogen (secondary N) is 1. The maximum absolute atomic E-state index is 9.16. The molecule has 0 aliphatic heterocycles. The highest BCUT2D eigenvalue weighted by molar-refractivity contribution is 5.68. The molecular formula is C14H14N4. The zero-order valence-corrected chi connectivity index (χ0v) is 10.4. The van der Waals surface area contributed by atoms with E-state index in [1.807, 2.05) is 44.2 Å². The Morgan fingerprint density at radius 2 is 1.89 bits per heavy atom. The molecule has 0 spiro atoms. The molecule has 90 valence electrons. The van der Waals surface area contributed by atoms with Crippen LogP contribution in [0.2, 0.25) is 0 Å². The van der Waals surface area contributed by atoms with E-state index in [4.69, 9.17) is 11.0 Å². The third kappa shape index (κ3) is 2.41. The Labute approximate surface area is 106 Å². The van der Waals surface area contributed by atoms with Crippen molar-refractivity contribution in [1.82, 2.24) is 4.98 Å². The second kappa shape index (κ2) is 4.76. The van der Waals surface area contributed by atoms with Crippen LogP contribution in [-0.4, -0.2) is 4.98 Å². The first-order valence-corrected chi connectivity index (χ1v) is 5.61. The molecule has 0 aliphatic carbocycles. The normalized spacial score (nSPS) is 9.83. The van der Waals surface area contributed by atoms with Crippen LogP contribution in [0.1, 0.15) is 17.0 Å². The third-order valence-corrected chi connectivity index (χ3v) is 2.63. The summed E-state index contributed by atoms with van der Waals surface area (Å²) in [7, 11) is 0. The Balaban J connectivity index is 2.40. The fraction of sp³-hybridized carbons (Fsp3) is 0.143. The van der Waals surface area contributed by atoms with Gasteiger partial charge in [-0.25, -0.2) is 0 Å². The number of rotatable bonds is 2. The van der Waals surface area contributed by atoms with Crippen molar-refractivity contribution >= 4 is 17.1 Å². The third-order valence-electron chi connectivity index (χ3n) is 2.63. The summed E-state index contributed by atoms with van der Waals surface area (Å²) in [6.07, 6.45) is 0. The minimum Gasteiger partial charge on any atom is -0.399 e. The minimum atomic E-state index is 0.567. The Morgan fingerprint density at radius 1 is 1.22 bits per heavy atom. The van der Waals surface area contributed by atoms with Crippen LogP contribution in [0.4, 0.5) is 17.1 Å². The lowest BCUT2D eigenvalue weighted by Gasteiger charge is -2.11. The molecule has 0 aliphatic rings. The number of nitrogens with zero attached hydrogens (tertiary/aromatic N) is 2. The molecule has 1 aromatic carbocycles. The van der Waals surface area contributed by atoms with E-state index in [1.165, 1.54) is 0 Å². The topological polar surface area (TPSA) is 74.7 Å². The summed E-state index contributed by atoms with van der Waals surface area (Å²) in [5, 5.41) is 12.4. The largest absolute Gasteiger partial charge is 0.399 e. The number of hydrogen-bond acceptors (Lipinski definition) is 4. The van der Waals surface area contributed by atoms with Gasteiger partial charge in [0.25, 0.3) is 0 Å². The van der Waals surface area contributed by atoms with Crippen molar-refractivity contribution in [2.75, 3.05) is 11.1 Å². The predicted octanol–water partition coefficient (Wildman–Crippen LogP) is 2.90. The standard InChI is InChI=1S/C14H14N4/c1-9-7-14(13(8-15)10(2)17-9)18-12-5-3-11(16)4-6-12/h3-7H,16H2,1-2H3,(H,17,18). The summed E-state index contributed by atoms with van der Waals surface area (Å²) in [6.45, 7) is 3.74. The highest BCUT2D eigenvalue weighted by atomic mass is 14.9. The minimum absolute atomic E-state index is 0.567. The molecule has 0 fully saturated rings. The Kier molecular flexibility index (Phi) is 3.16. The van der Waals surface area contributed by atoms with E-state index in [-0.39, 0.29) is 0 Å². The van der Waals surface area contributed by atoms with Crippen molar-refractivity contribution in [2.45, 2.75) is 13.8 Å². The van der Waals surface area contributed by atoms with Crippen molar-refractivity contribution in [1.29, 1.82) is 5.26 Å². The molecule has 2 aromatic rings. The maximum atomic E-state index is 9.16. The summed E-state index contributed by atoms with van der Waals surface area (Å²) < 4.78 is 0. The first-order valence-electron chi connectivity index (χ1n) is 5.61. The average molecular weight is 238 g/mol. The van der Waals surface area contributed by atoms with Crippen molar-refractivity contribution in [2.24, 2.45) is 0 Å². The molecule has 0 saturated carbocycles. The summed E-state index contributed by atoms with van der Waals surface area (Å²) in [4.78, 5) is 4.28. The van der Waals surface area contributed by atoms with Crippen LogP contribution in [0.15, 0.2) is 30.3 Å². The molecule has 0 radical (unpaired) electrons. The second-order valence-corrected chi connectivity index (χ2v) is 4.13. The average Bonchev–Trinajstić information content (AvgIpc) is 2.32. The van der Waals surface area contributed by atoms with Gasteiger partial charge in [-0.05, 0) is 44.2 Å². The molecule has 18 heavy (non-hydrogen) atoms. The van der Waals surface area contributed by atoms with Crippen LogP contribution in [0, 0.1) is 25.2 Å². The highest BCUT2D eigenvalue weighted by Gasteiger charge is 2.08. The van der Waals surface area contributed by atoms with Crippen molar-refractivity contribution in [3.05, 3.63) is 47.3 Å². The molecule has 0 amide bonds. The van der Waals surface area contributed by atoms with Gasteiger partial charge in [-0.1, -0.05) is 0 Å². The fourth-order valence-electron chi connectivity index (χ4n) is 1.79. The zero-order chi connectivity index (χ0) is 13.1. The van der Waals surface area contributed by atoms with Gasteiger partial charge in [-0.2, -0.15) is 5.26 Å². The van der Waals surface area contributed by atoms with Crippen LogP contribution >= 0.6 is 0 Å². The van der Waals surface area contributed by atoms with E-state index in [0.717, 1.165) is 22.8 Å². The van der Waals surface area contributed by atoms with Crippen LogP contribution in [0.5, 0.6) is 0 Å². The van der Waals surface area contributed by atoms with Crippen molar-refractivity contribution in [3.8, 4) is 6.07 Å². The van der Waals surface area contributed by atoms with Gasteiger partial charge >= 0.3 is 0 Å². The zero-order valence-electron chi connectivity index (χ0n) is 10.4. The summed E-state index contributed by atoms with van der Waals surface area (Å²) in [5.41, 5.74) is 10.2. The van der Waals surface area contributed by atoms with Gasteiger partial charge < -0.3 is 11.1 Å². The second-order valence-electron chi connectivity index (χ2n) is 4.13. The number of pyridine rings is 1. The lowest BCUT2D eigenvalue weighted by atomic mass is 10.1. The molecule has 1 heterocycles. The number of aryl methyl sites for hydroxylation is 2. The Bertz CT molecular complexity index is 609. The van der Waals surface area contributed by atoms with Crippen molar-refractivity contribution < 1.29 is 0 Å². The Hall–Kier alpha value is -2.54. The SMILES string of the molecule is Cc1cc(Nc2ccc(N)cc2)c(C#N)c(C)n1. The smallest absolute Gasteiger partial charge is 0.103 e. The molecule has 0 atom stereocenters. The molecule has 3 N–H and O–H groups in total. The number of benzene rings is 1. The van der Waals surface area contributed by atoms with Crippen LogP contribution in [-0.2, 0) is 0 Å². The Morgan fingerprint density at radius 3 is 2.50 bits per heavy atom. The van der Waals surface area contributed by atoms with Crippen LogP contribution in [0.25, 0.3) is 0 Å².